The molecule has 0 amide bonds. The highest BCUT2D eigenvalue weighted by atomic mass is 16.6. The number of hydrogen-bond donors (Lipinski definition) is 0. The predicted octanol–water partition coefficient (Wildman–Crippen LogP) is 1.32. The molecule has 9 heteroatoms. The maximum Gasteiger partial charge on any atom is 0.414 e. The van der Waals surface area contributed by atoms with E-state index in [1.54, 1.807) is 6.07 Å². The van der Waals surface area contributed by atoms with Crippen molar-refractivity contribution in [1.82, 2.24) is 0 Å². The minimum absolute atomic E-state index is 0.128. The van der Waals surface area contributed by atoms with Crippen molar-refractivity contribution in [2.45, 2.75) is 24.8 Å². The van der Waals surface area contributed by atoms with E-state index in [9.17, 15) is 30.3 Å². The largest absolute Gasteiger partial charge is 0.460 e. The van der Waals surface area contributed by atoms with E-state index in [0.717, 1.165) is 6.92 Å². The van der Waals surface area contributed by atoms with Crippen LogP contribution in [0.4, 0.5) is 0 Å². The minimum Gasteiger partial charge on any atom is -0.460 e. The molecule has 2 unspecified atom stereocenters. The molecule has 1 aromatic rings. The maximum atomic E-state index is 12.2. The summed E-state index contributed by atoms with van der Waals surface area (Å²) in [5.74, 6) is -1.42. The standard InChI is InChI=1S/C14H15N3O6/c1-3-23-12(18)14(9-15,17(21)22)13(2,10-16(19)20)11-7-5-4-6-8-11/h4-8H,3,10H2,1-2H3. The maximum absolute atomic E-state index is 12.2. The molecule has 0 bridgehead atoms. The highest BCUT2D eigenvalue weighted by Crippen LogP contribution is 2.39. The molecular formula is C14H15N3O6. The Kier molecular flexibility index (Phi) is 5.35. The van der Waals surface area contributed by atoms with Gasteiger partial charge in [0.15, 0.2) is 11.5 Å². The first-order valence-electron chi connectivity index (χ1n) is 6.66. The molecule has 0 radical (unpaired) electrons. The second-order valence-electron chi connectivity index (χ2n) is 4.99. The number of nitro groups is 2. The van der Waals surface area contributed by atoms with Gasteiger partial charge in [0.2, 0.25) is 6.54 Å². The number of carbonyl (C=O) groups excluding carboxylic acids is 1. The van der Waals surface area contributed by atoms with Gasteiger partial charge in [-0.1, -0.05) is 30.3 Å². The van der Waals surface area contributed by atoms with Crippen molar-refractivity contribution in [2.75, 3.05) is 13.2 Å². The zero-order valence-electron chi connectivity index (χ0n) is 12.6. The Balaban J connectivity index is 3.71. The smallest absolute Gasteiger partial charge is 0.414 e. The van der Waals surface area contributed by atoms with Crippen LogP contribution in [-0.2, 0) is 14.9 Å². The zero-order chi connectivity index (χ0) is 17.7. The average Bonchev–Trinajstić information content (AvgIpc) is 2.48. The number of esters is 1. The fraction of sp³-hybridized carbons (Fsp3) is 0.429. The van der Waals surface area contributed by atoms with E-state index >= 15 is 0 Å². The molecule has 0 saturated heterocycles. The topological polar surface area (TPSA) is 136 Å². The van der Waals surface area contributed by atoms with Crippen LogP contribution in [0.2, 0.25) is 0 Å². The Labute approximate surface area is 131 Å². The second kappa shape index (κ2) is 6.83. The summed E-state index contributed by atoms with van der Waals surface area (Å²) < 4.78 is 4.68. The van der Waals surface area contributed by atoms with Crippen molar-refractivity contribution >= 4 is 5.97 Å². The predicted molar refractivity (Wildman–Crippen MR) is 77.6 cm³/mol. The van der Waals surface area contributed by atoms with Gasteiger partial charge in [0.1, 0.15) is 0 Å². The Morgan fingerprint density at radius 2 is 1.87 bits per heavy atom. The third-order valence-electron chi connectivity index (χ3n) is 3.66. The molecule has 23 heavy (non-hydrogen) atoms. The van der Waals surface area contributed by atoms with Gasteiger partial charge in [0.05, 0.1) is 11.5 Å². The number of benzene rings is 1. The third-order valence-corrected chi connectivity index (χ3v) is 3.66. The average molecular weight is 321 g/mol. The van der Waals surface area contributed by atoms with E-state index in [1.807, 2.05) is 0 Å². The second-order valence-corrected chi connectivity index (χ2v) is 4.99. The summed E-state index contributed by atoms with van der Waals surface area (Å²) in [6.07, 6.45) is 0. The lowest BCUT2D eigenvalue weighted by Crippen LogP contribution is -2.63. The molecule has 0 fully saturated rings. The lowest BCUT2D eigenvalue weighted by molar-refractivity contribution is -0.571. The number of ether oxygens (including phenoxy) is 1. The number of nitrogens with zero attached hydrogens (tertiary/aromatic N) is 3. The van der Waals surface area contributed by atoms with Crippen molar-refractivity contribution in [1.29, 1.82) is 5.26 Å². The van der Waals surface area contributed by atoms with Crippen molar-refractivity contribution in [3.8, 4) is 6.07 Å². The van der Waals surface area contributed by atoms with Crippen LogP contribution >= 0.6 is 0 Å². The summed E-state index contributed by atoms with van der Waals surface area (Å²) >= 11 is 0. The molecule has 0 N–H and O–H groups in total. The molecule has 0 aromatic heterocycles. The molecule has 0 aliphatic carbocycles. The first-order valence-corrected chi connectivity index (χ1v) is 6.66. The van der Waals surface area contributed by atoms with E-state index in [-0.39, 0.29) is 12.2 Å². The molecule has 0 aliphatic rings. The van der Waals surface area contributed by atoms with Gasteiger partial charge in [0.25, 0.3) is 0 Å². The van der Waals surface area contributed by atoms with Crippen LogP contribution in [0, 0.1) is 31.6 Å². The fourth-order valence-corrected chi connectivity index (χ4v) is 2.43. The number of carbonyl (C=O) groups is 1. The van der Waals surface area contributed by atoms with Crippen molar-refractivity contribution < 1.29 is 19.4 Å². The molecule has 0 spiro atoms. The summed E-state index contributed by atoms with van der Waals surface area (Å²) in [5, 5.41) is 32.1. The van der Waals surface area contributed by atoms with Gasteiger partial charge < -0.3 is 4.74 Å². The number of nitriles is 1. The van der Waals surface area contributed by atoms with Crippen LogP contribution in [0.25, 0.3) is 0 Å². The minimum atomic E-state index is -2.93. The Morgan fingerprint density at radius 1 is 1.30 bits per heavy atom. The van der Waals surface area contributed by atoms with Crippen LogP contribution < -0.4 is 0 Å². The lowest BCUT2D eigenvalue weighted by atomic mass is 9.67. The molecule has 2 atom stereocenters. The fourth-order valence-electron chi connectivity index (χ4n) is 2.43. The molecule has 122 valence electrons. The SMILES string of the molecule is CCOC(=O)C(C#N)([N+](=O)[O-])C(C)(C[N+](=O)[O-])c1ccccc1. The quantitative estimate of drug-likeness (QED) is 0.419. The monoisotopic (exact) mass is 321 g/mol. The van der Waals surface area contributed by atoms with Gasteiger partial charge in [-0.15, -0.1) is 0 Å². The summed E-state index contributed by atoms with van der Waals surface area (Å²) in [5.41, 5.74) is -4.82. The highest BCUT2D eigenvalue weighted by molar-refractivity contribution is 5.85. The number of hydrogen-bond acceptors (Lipinski definition) is 7. The molecule has 0 saturated carbocycles. The summed E-state index contributed by atoms with van der Waals surface area (Å²) in [7, 11) is 0. The van der Waals surface area contributed by atoms with Crippen LogP contribution in [0.15, 0.2) is 30.3 Å². The Bertz CT molecular complexity index is 656. The molecular weight excluding hydrogens is 306 g/mol. The van der Waals surface area contributed by atoms with Gasteiger partial charge in [-0.3, -0.25) is 20.2 Å². The molecule has 9 nitrogen and oxygen atoms in total. The summed E-state index contributed by atoms with van der Waals surface area (Å²) in [6, 6.07) is 8.81. The van der Waals surface area contributed by atoms with Gasteiger partial charge in [-0.25, -0.2) is 4.79 Å². The Morgan fingerprint density at radius 3 is 2.26 bits per heavy atom. The lowest BCUT2D eigenvalue weighted by Gasteiger charge is -2.32. The van der Waals surface area contributed by atoms with Gasteiger partial charge in [-0.05, 0) is 19.4 Å². The van der Waals surface area contributed by atoms with Gasteiger partial charge in [0, 0.05) is 4.92 Å². The summed E-state index contributed by atoms with van der Waals surface area (Å²) in [6.45, 7) is 1.39. The normalized spacial score (nSPS) is 15.5. The van der Waals surface area contributed by atoms with Crippen LogP contribution in [-0.4, -0.2) is 34.5 Å². The van der Waals surface area contributed by atoms with Crippen LogP contribution in [0.5, 0.6) is 0 Å². The molecule has 0 aliphatic heterocycles. The van der Waals surface area contributed by atoms with Crippen LogP contribution in [0.1, 0.15) is 19.4 Å². The van der Waals surface area contributed by atoms with Crippen molar-refractivity contribution in [3.05, 3.63) is 56.1 Å². The highest BCUT2D eigenvalue weighted by Gasteiger charge is 2.70. The van der Waals surface area contributed by atoms with E-state index in [0.29, 0.717) is 0 Å². The zero-order valence-corrected chi connectivity index (χ0v) is 12.6. The van der Waals surface area contributed by atoms with E-state index < -0.39 is 33.3 Å². The number of rotatable bonds is 7. The van der Waals surface area contributed by atoms with Crippen LogP contribution in [0.3, 0.4) is 0 Å². The van der Waals surface area contributed by atoms with E-state index in [1.165, 1.54) is 37.3 Å². The van der Waals surface area contributed by atoms with Gasteiger partial charge in [-0.2, -0.15) is 5.26 Å². The van der Waals surface area contributed by atoms with Crippen molar-refractivity contribution in [2.24, 2.45) is 0 Å². The first kappa shape index (κ1) is 18.0. The molecule has 1 rings (SSSR count). The first-order chi connectivity index (χ1) is 10.8. The van der Waals surface area contributed by atoms with Gasteiger partial charge >= 0.3 is 11.5 Å². The van der Waals surface area contributed by atoms with Crippen molar-refractivity contribution in [3.63, 3.8) is 0 Å². The van der Waals surface area contributed by atoms with E-state index in [2.05, 4.69) is 4.74 Å². The van der Waals surface area contributed by atoms with E-state index in [4.69, 9.17) is 0 Å². The molecule has 0 heterocycles. The Hall–Kier alpha value is -3.02. The summed E-state index contributed by atoms with van der Waals surface area (Å²) in [4.78, 5) is 33.0. The molecule has 1 aromatic carbocycles. The third kappa shape index (κ3) is 2.96.